The summed E-state index contributed by atoms with van der Waals surface area (Å²) in [5.41, 5.74) is 2.82. The molecule has 0 bridgehead atoms. The number of methoxy groups -OCH3 is 1. The van der Waals surface area contributed by atoms with Crippen molar-refractivity contribution in [2.75, 3.05) is 33.8 Å². The van der Waals surface area contributed by atoms with Gasteiger partial charge in [-0.05, 0) is 33.2 Å². The normalized spacial score (nSPS) is 25.0. The van der Waals surface area contributed by atoms with Gasteiger partial charge in [0.15, 0.2) is 0 Å². The zero-order valence-electron chi connectivity index (χ0n) is 14.4. The summed E-state index contributed by atoms with van der Waals surface area (Å²) in [7, 11) is 3.50. The van der Waals surface area contributed by atoms with Gasteiger partial charge < -0.3 is 14.4 Å². The van der Waals surface area contributed by atoms with E-state index in [1.54, 1.807) is 19.1 Å². The van der Waals surface area contributed by atoms with E-state index >= 15 is 0 Å². The van der Waals surface area contributed by atoms with Crippen LogP contribution >= 0.6 is 0 Å². The topological polar surface area (TPSA) is 54.9 Å². The van der Waals surface area contributed by atoms with Crippen molar-refractivity contribution >= 4 is 6.09 Å². The molecule has 0 radical (unpaired) electrons. The standard InChI is InChI=1S/C17H25N3O3/c1-12-8-18-14(13(2)15(12)22-4)9-20-7-5-6-17(11-20)10-19(3)16(21)23-17/h8H,5-7,9-11H2,1-4H3/t17-/m0/s1. The van der Waals surface area contributed by atoms with Crippen molar-refractivity contribution in [3.05, 3.63) is 23.0 Å². The Morgan fingerprint density at radius 2 is 2.17 bits per heavy atom. The molecule has 0 aromatic carbocycles. The highest BCUT2D eigenvalue weighted by Crippen LogP contribution is 2.32. The Morgan fingerprint density at radius 1 is 1.39 bits per heavy atom. The fourth-order valence-corrected chi connectivity index (χ4v) is 3.77. The molecule has 1 aromatic heterocycles. The Morgan fingerprint density at radius 3 is 2.83 bits per heavy atom. The molecule has 6 heteroatoms. The predicted octanol–water partition coefficient (Wildman–Crippen LogP) is 2.12. The van der Waals surface area contributed by atoms with E-state index in [-0.39, 0.29) is 11.7 Å². The van der Waals surface area contributed by atoms with Crippen LogP contribution in [0.4, 0.5) is 4.79 Å². The molecule has 23 heavy (non-hydrogen) atoms. The summed E-state index contributed by atoms with van der Waals surface area (Å²) in [5.74, 6) is 0.911. The number of rotatable bonds is 3. The van der Waals surface area contributed by atoms with Gasteiger partial charge in [0.1, 0.15) is 11.4 Å². The van der Waals surface area contributed by atoms with Crippen LogP contribution in [0.3, 0.4) is 0 Å². The van der Waals surface area contributed by atoms with Crippen molar-refractivity contribution in [2.45, 2.75) is 38.8 Å². The molecule has 6 nitrogen and oxygen atoms in total. The third kappa shape index (κ3) is 3.00. The van der Waals surface area contributed by atoms with E-state index in [9.17, 15) is 4.79 Å². The molecule has 1 aromatic rings. The first-order valence-electron chi connectivity index (χ1n) is 8.10. The number of carbonyl (C=O) groups is 1. The van der Waals surface area contributed by atoms with Crippen LogP contribution in [0.2, 0.25) is 0 Å². The summed E-state index contributed by atoms with van der Waals surface area (Å²) < 4.78 is 11.2. The maximum atomic E-state index is 11.7. The summed E-state index contributed by atoms with van der Waals surface area (Å²) >= 11 is 0. The molecule has 3 rings (SSSR count). The molecule has 2 aliphatic rings. The first kappa shape index (κ1) is 16.1. The van der Waals surface area contributed by atoms with Crippen molar-refractivity contribution in [2.24, 2.45) is 0 Å². The van der Waals surface area contributed by atoms with Gasteiger partial charge in [-0.1, -0.05) is 0 Å². The molecule has 3 heterocycles. The van der Waals surface area contributed by atoms with Gasteiger partial charge in [-0.2, -0.15) is 0 Å². The average molecular weight is 319 g/mol. The molecule has 1 atom stereocenters. The molecule has 0 aliphatic carbocycles. The number of likely N-dealkylation sites (tertiary alicyclic amines) is 1. The van der Waals surface area contributed by atoms with E-state index in [4.69, 9.17) is 9.47 Å². The van der Waals surface area contributed by atoms with E-state index in [1.165, 1.54) is 0 Å². The summed E-state index contributed by atoms with van der Waals surface area (Å²) in [6, 6.07) is 0. The minimum Gasteiger partial charge on any atom is -0.496 e. The summed E-state index contributed by atoms with van der Waals surface area (Å²) in [4.78, 5) is 20.3. The van der Waals surface area contributed by atoms with Crippen molar-refractivity contribution in [1.29, 1.82) is 0 Å². The number of hydrogen-bond donors (Lipinski definition) is 0. The van der Waals surface area contributed by atoms with E-state index in [1.807, 2.05) is 13.1 Å². The van der Waals surface area contributed by atoms with Crippen LogP contribution in [0.5, 0.6) is 5.75 Å². The maximum Gasteiger partial charge on any atom is 0.410 e. The number of aryl methyl sites for hydroxylation is 1. The lowest BCUT2D eigenvalue weighted by molar-refractivity contribution is -0.0117. The van der Waals surface area contributed by atoms with Crippen LogP contribution in [-0.2, 0) is 11.3 Å². The van der Waals surface area contributed by atoms with E-state index in [0.717, 1.165) is 55.0 Å². The third-order valence-corrected chi connectivity index (χ3v) is 4.88. The van der Waals surface area contributed by atoms with Crippen LogP contribution in [0, 0.1) is 13.8 Å². The van der Waals surface area contributed by atoms with Gasteiger partial charge in [0.05, 0.1) is 19.3 Å². The molecule has 0 N–H and O–H groups in total. The van der Waals surface area contributed by atoms with Crippen LogP contribution in [-0.4, -0.2) is 60.3 Å². The second-order valence-corrected chi connectivity index (χ2v) is 6.77. The molecular formula is C17H25N3O3. The van der Waals surface area contributed by atoms with Crippen molar-refractivity contribution in [1.82, 2.24) is 14.8 Å². The fourth-order valence-electron chi connectivity index (χ4n) is 3.77. The van der Waals surface area contributed by atoms with Crippen molar-refractivity contribution < 1.29 is 14.3 Å². The van der Waals surface area contributed by atoms with Crippen LogP contribution < -0.4 is 4.74 Å². The van der Waals surface area contributed by atoms with Gasteiger partial charge >= 0.3 is 6.09 Å². The molecule has 1 spiro atoms. The van der Waals surface area contributed by atoms with E-state index in [2.05, 4.69) is 16.8 Å². The quantitative estimate of drug-likeness (QED) is 0.854. The molecule has 2 fully saturated rings. The van der Waals surface area contributed by atoms with Crippen LogP contribution in [0.15, 0.2) is 6.20 Å². The van der Waals surface area contributed by atoms with Gasteiger partial charge in [-0.3, -0.25) is 9.88 Å². The SMILES string of the molecule is COc1c(C)cnc(CN2CCC[C@@]3(C2)CN(C)C(=O)O3)c1C. The zero-order valence-corrected chi connectivity index (χ0v) is 14.4. The number of nitrogens with zero attached hydrogens (tertiary/aromatic N) is 3. The molecule has 2 saturated heterocycles. The Balaban J connectivity index is 1.75. The molecule has 2 aliphatic heterocycles. The lowest BCUT2D eigenvalue weighted by Crippen LogP contribution is -2.50. The van der Waals surface area contributed by atoms with Gasteiger partial charge in [0, 0.05) is 37.5 Å². The summed E-state index contributed by atoms with van der Waals surface area (Å²) in [5, 5.41) is 0. The minimum absolute atomic E-state index is 0.210. The monoisotopic (exact) mass is 319 g/mol. The Bertz CT molecular complexity index is 619. The lowest BCUT2D eigenvalue weighted by Gasteiger charge is -2.38. The highest BCUT2D eigenvalue weighted by Gasteiger charge is 2.46. The molecule has 126 valence electrons. The molecule has 0 saturated carbocycles. The fraction of sp³-hybridized carbons (Fsp3) is 0.647. The highest BCUT2D eigenvalue weighted by atomic mass is 16.6. The van der Waals surface area contributed by atoms with Crippen LogP contribution in [0.25, 0.3) is 0 Å². The average Bonchev–Trinajstić information content (AvgIpc) is 2.76. The smallest absolute Gasteiger partial charge is 0.410 e. The van der Waals surface area contributed by atoms with Gasteiger partial charge in [-0.25, -0.2) is 4.79 Å². The van der Waals surface area contributed by atoms with E-state index < -0.39 is 0 Å². The number of amides is 1. The molecule has 0 unspecified atom stereocenters. The Kier molecular flexibility index (Phi) is 4.19. The number of likely N-dealkylation sites (N-methyl/N-ethyl adjacent to an activating group) is 1. The summed E-state index contributed by atoms with van der Waals surface area (Å²) in [6.07, 6.45) is 3.62. The second kappa shape index (κ2) is 6.00. The van der Waals surface area contributed by atoms with E-state index in [0.29, 0.717) is 6.54 Å². The largest absolute Gasteiger partial charge is 0.496 e. The number of aromatic nitrogens is 1. The first-order chi connectivity index (χ1) is 10.9. The number of ether oxygens (including phenoxy) is 2. The first-order valence-corrected chi connectivity index (χ1v) is 8.10. The number of piperidine rings is 1. The second-order valence-electron chi connectivity index (χ2n) is 6.77. The number of carbonyl (C=O) groups excluding carboxylic acids is 1. The van der Waals surface area contributed by atoms with Crippen LogP contribution in [0.1, 0.15) is 29.7 Å². The lowest BCUT2D eigenvalue weighted by atomic mass is 9.92. The molecular weight excluding hydrogens is 294 g/mol. The van der Waals surface area contributed by atoms with Gasteiger partial charge in [0.2, 0.25) is 0 Å². The third-order valence-electron chi connectivity index (χ3n) is 4.88. The zero-order chi connectivity index (χ0) is 16.6. The predicted molar refractivity (Wildman–Crippen MR) is 86.6 cm³/mol. The van der Waals surface area contributed by atoms with Crippen molar-refractivity contribution in [3.8, 4) is 5.75 Å². The summed E-state index contributed by atoms with van der Waals surface area (Å²) in [6.45, 7) is 7.25. The molecule has 1 amide bonds. The highest BCUT2D eigenvalue weighted by molar-refractivity contribution is 5.70. The maximum absolute atomic E-state index is 11.7. The van der Waals surface area contributed by atoms with Gasteiger partial charge in [0.25, 0.3) is 0 Å². The minimum atomic E-state index is -0.354. The Labute approximate surface area is 137 Å². The van der Waals surface area contributed by atoms with Gasteiger partial charge in [-0.15, -0.1) is 0 Å². The number of pyridine rings is 1. The number of hydrogen-bond acceptors (Lipinski definition) is 5. The van der Waals surface area contributed by atoms with Crippen molar-refractivity contribution in [3.63, 3.8) is 0 Å². The Hall–Kier alpha value is -1.82.